The molecule has 3 rings (SSSR count). The predicted octanol–water partition coefficient (Wildman–Crippen LogP) is 4.38. The van der Waals surface area contributed by atoms with Gasteiger partial charge in [-0.25, -0.2) is 4.98 Å². The average molecular weight is 449 g/mol. The highest BCUT2D eigenvalue weighted by Crippen LogP contribution is 2.35. The summed E-state index contributed by atoms with van der Waals surface area (Å²) in [4.78, 5) is 7.73. The molecular weight excluding hydrogens is 438 g/mol. The third-order valence-electron chi connectivity index (χ3n) is 3.19. The summed E-state index contributed by atoms with van der Waals surface area (Å²) in [5.74, 6) is 0.795. The van der Waals surface area contributed by atoms with Crippen LogP contribution in [0.3, 0.4) is 0 Å². The number of ether oxygens (including phenoxy) is 1. The molecular formula is C15H11F3IN3O2. The van der Waals surface area contributed by atoms with E-state index < -0.39 is 11.9 Å². The maximum Gasteiger partial charge on any atom is 0.433 e. The molecule has 3 aromatic rings. The molecule has 2 aromatic heterocycles. The van der Waals surface area contributed by atoms with Crippen LogP contribution in [0, 0.1) is 3.57 Å². The van der Waals surface area contributed by atoms with Crippen molar-refractivity contribution in [2.24, 2.45) is 0 Å². The summed E-state index contributed by atoms with van der Waals surface area (Å²) < 4.78 is 50.4. The molecule has 5 nitrogen and oxygen atoms in total. The van der Waals surface area contributed by atoms with Crippen molar-refractivity contribution in [2.45, 2.75) is 26.1 Å². The Bertz CT molecular complexity index is 880. The molecule has 0 atom stereocenters. The number of aryl methyl sites for hydroxylation is 1. The number of rotatable bonds is 4. The first kappa shape index (κ1) is 16.9. The predicted molar refractivity (Wildman–Crippen MR) is 87.5 cm³/mol. The Kier molecular flexibility index (Phi) is 4.61. The third kappa shape index (κ3) is 3.60. The molecule has 0 aliphatic carbocycles. The lowest BCUT2D eigenvalue weighted by atomic mass is 10.2. The number of alkyl halides is 3. The van der Waals surface area contributed by atoms with Crippen LogP contribution in [0.5, 0.6) is 5.75 Å². The highest BCUT2D eigenvalue weighted by Gasteiger charge is 2.33. The van der Waals surface area contributed by atoms with Gasteiger partial charge in [-0.2, -0.15) is 18.2 Å². The van der Waals surface area contributed by atoms with E-state index in [9.17, 15) is 13.2 Å². The van der Waals surface area contributed by atoms with Crippen molar-refractivity contribution in [3.8, 4) is 5.75 Å². The average Bonchev–Trinajstić information content (AvgIpc) is 2.99. The number of nitrogens with zero attached hydrogens (tertiary/aromatic N) is 3. The maximum absolute atomic E-state index is 13.0. The van der Waals surface area contributed by atoms with E-state index in [-0.39, 0.29) is 23.7 Å². The van der Waals surface area contributed by atoms with Crippen molar-refractivity contribution in [1.82, 2.24) is 15.1 Å². The van der Waals surface area contributed by atoms with E-state index in [1.54, 1.807) is 12.1 Å². The molecule has 2 heterocycles. The van der Waals surface area contributed by atoms with Gasteiger partial charge in [-0.15, -0.1) is 0 Å². The second kappa shape index (κ2) is 6.54. The molecule has 0 N–H and O–H groups in total. The topological polar surface area (TPSA) is 61.0 Å². The van der Waals surface area contributed by atoms with Crippen molar-refractivity contribution >= 4 is 33.5 Å². The van der Waals surface area contributed by atoms with Crippen LogP contribution < -0.4 is 4.74 Å². The number of pyridine rings is 1. The van der Waals surface area contributed by atoms with E-state index in [2.05, 4.69) is 37.7 Å². The number of hydrogen-bond donors (Lipinski definition) is 0. The van der Waals surface area contributed by atoms with Gasteiger partial charge in [0, 0.05) is 21.4 Å². The van der Waals surface area contributed by atoms with Crippen molar-refractivity contribution in [2.75, 3.05) is 0 Å². The molecule has 0 fully saturated rings. The van der Waals surface area contributed by atoms with E-state index in [1.807, 2.05) is 6.92 Å². The van der Waals surface area contributed by atoms with Gasteiger partial charge in [0.15, 0.2) is 6.61 Å². The fraction of sp³-hybridized carbons (Fsp3) is 0.267. The standard InChI is InChI=1S/C15H11F3IN3O2/c1-2-14-21-13(22-24-14)7-23-11-6-12(15(16,17)18)20-10-4-3-8(19)5-9(10)11/h3-6H,2,7H2,1H3. The molecule has 126 valence electrons. The number of fused-ring (bicyclic) bond motifs is 1. The second-order valence-corrected chi connectivity index (χ2v) is 6.16. The molecule has 1 aromatic carbocycles. The van der Waals surface area contributed by atoms with Crippen LogP contribution >= 0.6 is 22.6 Å². The van der Waals surface area contributed by atoms with Gasteiger partial charge in [0.05, 0.1) is 5.52 Å². The molecule has 0 aliphatic rings. The number of halogens is 4. The summed E-state index contributed by atoms with van der Waals surface area (Å²) in [6.07, 6.45) is -3.99. The van der Waals surface area contributed by atoms with E-state index in [1.165, 1.54) is 6.07 Å². The van der Waals surface area contributed by atoms with Crippen LogP contribution in [0.2, 0.25) is 0 Å². The highest BCUT2D eigenvalue weighted by atomic mass is 127. The largest absolute Gasteiger partial charge is 0.485 e. The van der Waals surface area contributed by atoms with Crippen LogP contribution in [0.25, 0.3) is 10.9 Å². The van der Waals surface area contributed by atoms with Crippen LogP contribution in [-0.4, -0.2) is 15.1 Å². The zero-order valence-electron chi connectivity index (χ0n) is 12.4. The molecule has 0 saturated carbocycles. The Morgan fingerprint density at radius 2 is 2.00 bits per heavy atom. The lowest BCUT2D eigenvalue weighted by Gasteiger charge is -2.12. The SMILES string of the molecule is CCc1nc(COc2cc(C(F)(F)F)nc3ccc(I)cc23)no1. The van der Waals surface area contributed by atoms with Crippen molar-refractivity contribution in [3.05, 3.63) is 45.2 Å². The van der Waals surface area contributed by atoms with Crippen molar-refractivity contribution in [1.29, 1.82) is 0 Å². The Labute approximate surface area is 148 Å². The molecule has 0 radical (unpaired) electrons. The fourth-order valence-corrected chi connectivity index (χ4v) is 2.56. The normalized spacial score (nSPS) is 11.9. The summed E-state index contributed by atoms with van der Waals surface area (Å²) >= 11 is 2.07. The lowest BCUT2D eigenvalue weighted by molar-refractivity contribution is -0.141. The van der Waals surface area contributed by atoms with Gasteiger partial charge in [0.25, 0.3) is 0 Å². The molecule has 0 unspecified atom stereocenters. The zero-order valence-corrected chi connectivity index (χ0v) is 14.6. The number of hydrogen-bond acceptors (Lipinski definition) is 5. The second-order valence-electron chi connectivity index (χ2n) is 4.91. The Morgan fingerprint density at radius 3 is 2.67 bits per heavy atom. The quantitative estimate of drug-likeness (QED) is 0.554. The summed E-state index contributed by atoms with van der Waals surface area (Å²) in [6.45, 7) is 1.76. The molecule has 0 saturated heterocycles. The summed E-state index contributed by atoms with van der Waals surface area (Å²) in [6, 6.07) is 5.82. The number of benzene rings is 1. The van der Waals surface area contributed by atoms with Gasteiger partial charge >= 0.3 is 6.18 Å². The molecule has 0 amide bonds. The monoisotopic (exact) mass is 449 g/mol. The first-order chi connectivity index (χ1) is 11.4. The van der Waals surface area contributed by atoms with E-state index >= 15 is 0 Å². The van der Waals surface area contributed by atoms with Gasteiger partial charge in [-0.1, -0.05) is 12.1 Å². The van der Waals surface area contributed by atoms with Crippen molar-refractivity contribution in [3.63, 3.8) is 0 Å². The summed E-state index contributed by atoms with van der Waals surface area (Å²) in [5.41, 5.74) is -0.795. The Hall–Kier alpha value is -1.91. The summed E-state index contributed by atoms with van der Waals surface area (Å²) in [5, 5.41) is 4.21. The molecule has 0 spiro atoms. The van der Waals surface area contributed by atoms with Crippen LogP contribution in [0.15, 0.2) is 28.8 Å². The highest BCUT2D eigenvalue weighted by molar-refractivity contribution is 14.1. The van der Waals surface area contributed by atoms with Gasteiger partial charge in [0.2, 0.25) is 11.7 Å². The van der Waals surface area contributed by atoms with Gasteiger partial charge < -0.3 is 9.26 Å². The zero-order chi connectivity index (χ0) is 17.3. The van der Waals surface area contributed by atoms with Crippen LogP contribution in [0.1, 0.15) is 24.3 Å². The maximum atomic E-state index is 13.0. The Balaban J connectivity index is 1.98. The Morgan fingerprint density at radius 1 is 1.21 bits per heavy atom. The first-order valence-electron chi connectivity index (χ1n) is 6.98. The fourth-order valence-electron chi connectivity index (χ4n) is 2.07. The number of aromatic nitrogens is 3. The smallest absolute Gasteiger partial charge is 0.433 e. The molecule has 9 heteroatoms. The van der Waals surface area contributed by atoms with Gasteiger partial charge in [-0.05, 0) is 40.8 Å². The van der Waals surface area contributed by atoms with Crippen molar-refractivity contribution < 1.29 is 22.4 Å². The molecule has 0 bridgehead atoms. The van der Waals surface area contributed by atoms with E-state index in [0.717, 1.165) is 9.64 Å². The minimum atomic E-state index is -4.56. The molecule has 0 aliphatic heterocycles. The first-order valence-corrected chi connectivity index (χ1v) is 8.06. The minimum Gasteiger partial charge on any atom is -0.485 e. The molecule has 24 heavy (non-hydrogen) atoms. The van der Waals surface area contributed by atoms with Crippen LogP contribution in [0.4, 0.5) is 13.2 Å². The van der Waals surface area contributed by atoms with Gasteiger partial charge in [0.1, 0.15) is 11.4 Å². The third-order valence-corrected chi connectivity index (χ3v) is 3.86. The lowest BCUT2D eigenvalue weighted by Crippen LogP contribution is -2.09. The minimum absolute atomic E-state index is 0.0775. The van der Waals surface area contributed by atoms with Crippen LogP contribution in [-0.2, 0) is 19.2 Å². The van der Waals surface area contributed by atoms with E-state index in [0.29, 0.717) is 17.7 Å². The van der Waals surface area contributed by atoms with Gasteiger partial charge in [-0.3, -0.25) is 0 Å². The summed E-state index contributed by atoms with van der Waals surface area (Å²) in [7, 11) is 0. The van der Waals surface area contributed by atoms with E-state index in [4.69, 9.17) is 9.26 Å².